The molecule has 0 radical (unpaired) electrons. The molecule has 0 aliphatic rings. The lowest BCUT2D eigenvalue weighted by molar-refractivity contribution is 0.0714. The summed E-state index contributed by atoms with van der Waals surface area (Å²) in [5.74, 6) is 0.109. The Labute approximate surface area is 111 Å². The second-order valence-corrected chi connectivity index (χ2v) is 4.10. The monoisotopic (exact) mass is 254 g/mol. The van der Waals surface area contributed by atoms with Gasteiger partial charge in [0.05, 0.1) is 18.8 Å². The van der Waals surface area contributed by atoms with Gasteiger partial charge in [0.2, 0.25) is 0 Å². The van der Waals surface area contributed by atoms with Gasteiger partial charge in [-0.1, -0.05) is 30.3 Å². The van der Waals surface area contributed by atoms with Crippen LogP contribution in [0.3, 0.4) is 0 Å². The summed E-state index contributed by atoms with van der Waals surface area (Å²) < 4.78 is 5.12. The van der Waals surface area contributed by atoms with Crippen LogP contribution in [0.5, 0.6) is 0 Å². The number of benzene rings is 1. The van der Waals surface area contributed by atoms with Gasteiger partial charge < -0.3 is 9.32 Å². The predicted molar refractivity (Wildman–Crippen MR) is 70.1 cm³/mol. The molecule has 96 valence electrons. The van der Waals surface area contributed by atoms with Crippen molar-refractivity contribution in [3.8, 4) is 6.07 Å². The van der Waals surface area contributed by atoms with E-state index in [4.69, 9.17) is 9.68 Å². The molecule has 0 spiro atoms. The van der Waals surface area contributed by atoms with E-state index in [0.717, 1.165) is 5.56 Å². The Morgan fingerprint density at radius 1 is 1.21 bits per heavy atom. The average Bonchev–Trinajstić information content (AvgIpc) is 2.98. The van der Waals surface area contributed by atoms with Gasteiger partial charge in [0.1, 0.15) is 0 Å². The summed E-state index contributed by atoms with van der Waals surface area (Å²) in [6.07, 6.45) is 1.78. The first-order valence-corrected chi connectivity index (χ1v) is 6.05. The van der Waals surface area contributed by atoms with Crippen molar-refractivity contribution in [2.45, 2.75) is 13.0 Å². The summed E-state index contributed by atoms with van der Waals surface area (Å²) in [5.41, 5.74) is 1.03. The van der Waals surface area contributed by atoms with Crippen molar-refractivity contribution >= 4 is 5.91 Å². The highest BCUT2D eigenvalue weighted by molar-refractivity contribution is 5.91. The van der Waals surface area contributed by atoms with Gasteiger partial charge in [0, 0.05) is 13.1 Å². The number of furan rings is 1. The summed E-state index contributed by atoms with van der Waals surface area (Å²) in [6.45, 7) is 0.868. The summed E-state index contributed by atoms with van der Waals surface area (Å²) in [6, 6.07) is 15.1. The largest absolute Gasteiger partial charge is 0.459 e. The molecule has 0 atom stereocenters. The lowest BCUT2D eigenvalue weighted by Crippen LogP contribution is -2.31. The van der Waals surface area contributed by atoms with Gasteiger partial charge >= 0.3 is 0 Å². The van der Waals surface area contributed by atoms with Crippen LogP contribution in [0.4, 0.5) is 0 Å². The van der Waals surface area contributed by atoms with Gasteiger partial charge in [-0.3, -0.25) is 4.79 Å². The Hall–Kier alpha value is -2.54. The zero-order valence-corrected chi connectivity index (χ0v) is 10.5. The Morgan fingerprint density at radius 3 is 2.63 bits per heavy atom. The molecule has 0 saturated heterocycles. The molecule has 0 aliphatic carbocycles. The van der Waals surface area contributed by atoms with Gasteiger partial charge in [0.25, 0.3) is 5.91 Å². The number of carbonyl (C=O) groups is 1. The molecule has 0 fully saturated rings. The third-order valence-electron chi connectivity index (χ3n) is 2.73. The zero-order chi connectivity index (χ0) is 13.5. The highest BCUT2D eigenvalue weighted by Gasteiger charge is 2.18. The summed E-state index contributed by atoms with van der Waals surface area (Å²) >= 11 is 0. The van der Waals surface area contributed by atoms with Crippen LogP contribution in [0.15, 0.2) is 53.1 Å². The Balaban J connectivity index is 2.12. The van der Waals surface area contributed by atoms with E-state index in [1.807, 2.05) is 30.3 Å². The van der Waals surface area contributed by atoms with Gasteiger partial charge in [-0.2, -0.15) is 5.26 Å². The van der Waals surface area contributed by atoms with E-state index in [1.54, 1.807) is 17.0 Å². The molecular weight excluding hydrogens is 240 g/mol. The fourth-order valence-electron chi connectivity index (χ4n) is 1.80. The number of amides is 1. The third-order valence-corrected chi connectivity index (χ3v) is 2.73. The van der Waals surface area contributed by atoms with E-state index < -0.39 is 0 Å². The summed E-state index contributed by atoms with van der Waals surface area (Å²) in [7, 11) is 0. The summed E-state index contributed by atoms with van der Waals surface area (Å²) in [5, 5.41) is 8.68. The van der Waals surface area contributed by atoms with E-state index in [9.17, 15) is 4.79 Å². The van der Waals surface area contributed by atoms with Crippen LogP contribution in [0.25, 0.3) is 0 Å². The first kappa shape index (κ1) is 12.9. The van der Waals surface area contributed by atoms with Crippen molar-refractivity contribution in [2.75, 3.05) is 6.54 Å². The molecule has 0 aliphatic heterocycles. The van der Waals surface area contributed by atoms with Crippen LogP contribution in [-0.2, 0) is 6.54 Å². The molecule has 2 aromatic rings. The Bertz CT molecular complexity index is 556. The molecule has 1 amide bonds. The minimum Gasteiger partial charge on any atom is -0.459 e. The first-order chi connectivity index (χ1) is 9.31. The third kappa shape index (κ3) is 3.46. The number of hydrogen-bond donors (Lipinski definition) is 0. The molecule has 0 N–H and O–H groups in total. The number of hydrogen-bond acceptors (Lipinski definition) is 3. The van der Waals surface area contributed by atoms with E-state index in [1.165, 1.54) is 6.26 Å². The highest BCUT2D eigenvalue weighted by Crippen LogP contribution is 2.11. The number of nitriles is 1. The molecule has 1 aromatic heterocycles. The van der Waals surface area contributed by atoms with Gasteiger partial charge in [0.15, 0.2) is 5.76 Å². The van der Waals surface area contributed by atoms with Crippen molar-refractivity contribution in [3.63, 3.8) is 0 Å². The number of rotatable bonds is 5. The van der Waals surface area contributed by atoms with Crippen molar-refractivity contribution in [2.24, 2.45) is 0 Å². The fourth-order valence-corrected chi connectivity index (χ4v) is 1.80. The molecule has 4 nitrogen and oxygen atoms in total. The molecule has 0 unspecified atom stereocenters. The number of carbonyl (C=O) groups excluding carboxylic acids is 1. The zero-order valence-electron chi connectivity index (χ0n) is 10.5. The minimum absolute atomic E-state index is 0.191. The van der Waals surface area contributed by atoms with Crippen molar-refractivity contribution < 1.29 is 9.21 Å². The normalized spacial score (nSPS) is 9.84. The molecule has 0 bridgehead atoms. The molecule has 1 aromatic carbocycles. The number of nitrogens with zero attached hydrogens (tertiary/aromatic N) is 2. The topological polar surface area (TPSA) is 57.2 Å². The van der Waals surface area contributed by atoms with Crippen LogP contribution in [0.1, 0.15) is 22.5 Å². The molecule has 0 saturated carbocycles. The molecular formula is C15H14N2O2. The second kappa shape index (κ2) is 6.41. The maximum absolute atomic E-state index is 12.2. The maximum atomic E-state index is 12.2. The van der Waals surface area contributed by atoms with Crippen LogP contribution >= 0.6 is 0 Å². The van der Waals surface area contributed by atoms with Crippen LogP contribution in [0.2, 0.25) is 0 Å². The van der Waals surface area contributed by atoms with Gasteiger partial charge in [-0.15, -0.1) is 0 Å². The smallest absolute Gasteiger partial charge is 0.289 e. The van der Waals surface area contributed by atoms with Crippen molar-refractivity contribution in [1.29, 1.82) is 5.26 Å². The Kier molecular flexibility index (Phi) is 4.35. The lowest BCUT2D eigenvalue weighted by Gasteiger charge is -2.20. The average molecular weight is 254 g/mol. The molecule has 19 heavy (non-hydrogen) atoms. The predicted octanol–water partition coefficient (Wildman–Crippen LogP) is 2.84. The van der Waals surface area contributed by atoms with E-state index in [2.05, 4.69) is 6.07 Å². The maximum Gasteiger partial charge on any atom is 0.289 e. The standard InChI is InChI=1S/C15H14N2O2/c16-9-5-10-17(12-13-6-2-1-3-7-13)15(18)14-8-4-11-19-14/h1-4,6-8,11H,5,10,12H2. The van der Waals surface area contributed by atoms with E-state index in [-0.39, 0.29) is 5.91 Å². The van der Waals surface area contributed by atoms with Crippen molar-refractivity contribution in [1.82, 2.24) is 4.90 Å². The van der Waals surface area contributed by atoms with Crippen molar-refractivity contribution in [3.05, 3.63) is 60.1 Å². The molecule has 2 rings (SSSR count). The summed E-state index contributed by atoms with van der Waals surface area (Å²) in [4.78, 5) is 13.9. The highest BCUT2D eigenvalue weighted by atomic mass is 16.3. The second-order valence-electron chi connectivity index (χ2n) is 4.10. The quantitative estimate of drug-likeness (QED) is 0.824. The SMILES string of the molecule is N#CCCN(Cc1ccccc1)C(=O)c1ccco1. The lowest BCUT2D eigenvalue weighted by atomic mass is 10.2. The van der Waals surface area contributed by atoms with E-state index in [0.29, 0.717) is 25.3 Å². The minimum atomic E-state index is -0.191. The van der Waals surface area contributed by atoms with Gasteiger partial charge in [-0.25, -0.2) is 0 Å². The Morgan fingerprint density at radius 2 is 2.00 bits per heavy atom. The van der Waals surface area contributed by atoms with E-state index >= 15 is 0 Å². The van der Waals surface area contributed by atoms with Crippen LogP contribution < -0.4 is 0 Å². The van der Waals surface area contributed by atoms with Crippen LogP contribution in [-0.4, -0.2) is 17.4 Å². The first-order valence-electron chi connectivity index (χ1n) is 6.05. The van der Waals surface area contributed by atoms with Crippen LogP contribution in [0, 0.1) is 11.3 Å². The molecule has 4 heteroatoms. The molecule has 1 heterocycles. The van der Waals surface area contributed by atoms with Gasteiger partial charge in [-0.05, 0) is 17.7 Å². The fraction of sp³-hybridized carbons (Fsp3) is 0.200.